The van der Waals surface area contributed by atoms with E-state index in [4.69, 9.17) is 4.74 Å². The maximum atomic E-state index is 5.18. The second-order valence-electron chi connectivity index (χ2n) is 4.64. The Kier molecular flexibility index (Phi) is 12.0. The Morgan fingerprint density at radius 3 is 2.07 bits per heavy atom. The van der Waals surface area contributed by atoms with Crippen LogP contribution in [0.1, 0.15) is 71.6 Å². The van der Waals surface area contributed by atoms with Gasteiger partial charge in [-0.25, -0.2) is 0 Å². The molecule has 0 fully saturated rings. The van der Waals surface area contributed by atoms with Gasteiger partial charge in [0.15, 0.2) is 0 Å². The molecule has 0 radical (unpaired) electrons. The van der Waals surface area contributed by atoms with Crippen molar-refractivity contribution < 1.29 is 4.74 Å². The predicted molar refractivity (Wildman–Crippen MR) is 68.3 cm³/mol. The van der Waals surface area contributed by atoms with E-state index in [1.54, 1.807) is 0 Å². The molecule has 0 saturated heterocycles. The predicted octanol–water partition coefficient (Wildman–Crippen LogP) is 4.80. The van der Waals surface area contributed by atoms with E-state index in [0.29, 0.717) is 0 Å². The topological polar surface area (TPSA) is 9.23 Å². The van der Waals surface area contributed by atoms with Crippen LogP contribution in [0, 0.1) is 5.92 Å². The fraction of sp³-hybridized carbons (Fsp3) is 1.00. The number of ether oxygens (including phenoxy) is 1. The lowest BCUT2D eigenvalue weighted by Gasteiger charge is -2.15. The van der Waals surface area contributed by atoms with Gasteiger partial charge < -0.3 is 4.74 Å². The average Bonchev–Trinajstić information content (AvgIpc) is 2.27. The summed E-state index contributed by atoms with van der Waals surface area (Å²) in [5.74, 6) is 0.918. The van der Waals surface area contributed by atoms with Crippen LogP contribution < -0.4 is 0 Å². The monoisotopic (exact) mass is 214 g/mol. The van der Waals surface area contributed by atoms with Gasteiger partial charge in [0.05, 0.1) is 0 Å². The van der Waals surface area contributed by atoms with Crippen molar-refractivity contribution in [1.29, 1.82) is 0 Å². The molecule has 0 aromatic rings. The van der Waals surface area contributed by atoms with Crippen molar-refractivity contribution in [1.82, 2.24) is 0 Å². The van der Waals surface area contributed by atoms with Crippen LogP contribution in [0.3, 0.4) is 0 Å². The van der Waals surface area contributed by atoms with Crippen molar-refractivity contribution in [3.05, 3.63) is 0 Å². The number of methoxy groups -OCH3 is 1. The molecular formula is C14H30O. The molecule has 1 heteroatoms. The Morgan fingerprint density at radius 1 is 0.800 bits per heavy atom. The summed E-state index contributed by atoms with van der Waals surface area (Å²) in [5, 5.41) is 0. The van der Waals surface area contributed by atoms with Crippen molar-refractivity contribution in [2.24, 2.45) is 5.92 Å². The molecule has 0 spiro atoms. The van der Waals surface area contributed by atoms with Crippen molar-refractivity contribution >= 4 is 0 Å². The molecule has 15 heavy (non-hydrogen) atoms. The first kappa shape index (κ1) is 15.0. The van der Waals surface area contributed by atoms with E-state index >= 15 is 0 Å². The van der Waals surface area contributed by atoms with Gasteiger partial charge in [-0.15, -0.1) is 0 Å². The lowest BCUT2D eigenvalue weighted by atomic mass is 9.93. The minimum absolute atomic E-state index is 0.918. The fourth-order valence-electron chi connectivity index (χ4n) is 2.07. The Bertz CT molecular complexity index is 104. The van der Waals surface area contributed by atoms with Gasteiger partial charge in [-0.3, -0.25) is 0 Å². The molecule has 1 atom stereocenters. The first-order valence-corrected chi connectivity index (χ1v) is 6.84. The van der Waals surface area contributed by atoms with Gasteiger partial charge in [-0.05, 0) is 12.3 Å². The molecule has 0 rings (SSSR count). The summed E-state index contributed by atoms with van der Waals surface area (Å²) in [5.41, 5.74) is 0. The maximum Gasteiger partial charge on any atom is 0.0464 e. The molecule has 1 unspecified atom stereocenters. The fourth-order valence-corrected chi connectivity index (χ4v) is 2.07. The van der Waals surface area contributed by atoms with Crippen molar-refractivity contribution in [2.45, 2.75) is 71.6 Å². The zero-order valence-corrected chi connectivity index (χ0v) is 11.1. The van der Waals surface area contributed by atoms with E-state index in [1.807, 2.05) is 7.11 Å². The third-order valence-corrected chi connectivity index (χ3v) is 3.16. The average molecular weight is 214 g/mol. The smallest absolute Gasteiger partial charge is 0.0464 e. The Morgan fingerprint density at radius 2 is 1.47 bits per heavy atom. The van der Waals surface area contributed by atoms with Crippen molar-refractivity contribution in [3.63, 3.8) is 0 Å². The van der Waals surface area contributed by atoms with E-state index in [9.17, 15) is 0 Å². The molecule has 0 aliphatic carbocycles. The van der Waals surface area contributed by atoms with E-state index in [1.165, 1.54) is 57.8 Å². The molecule has 0 heterocycles. The van der Waals surface area contributed by atoms with Gasteiger partial charge >= 0.3 is 0 Å². The molecule has 0 amide bonds. The first-order chi connectivity index (χ1) is 7.35. The van der Waals surface area contributed by atoms with Gasteiger partial charge in [-0.1, -0.05) is 65.2 Å². The maximum absolute atomic E-state index is 5.18. The number of rotatable bonds is 11. The van der Waals surface area contributed by atoms with Crippen LogP contribution in [0.2, 0.25) is 0 Å². The molecule has 0 aliphatic rings. The quantitative estimate of drug-likeness (QED) is 0.449. The second-order valence-corrected chi connectivity index (χ2v) is 4.64. The van der Waals surface area contributed by atoms with Crippen LogP contribution in [-0.4, -0.2) is 13.7 Å². The van der Waals surface area contributed by atoms with Crippen LogP contribution in [0.4, 0.5) is 0 Å². The number of unbranched alkanes of at least 4 members (excludes halogenated alkanes) is 4. The lowest BCUT2D eigenvalue weighted by Crippen LogP contribution is -2.04. The highest BCUT2D eigenvalue weighted by Crippen LogP contribution is 2.20. The summed E-state index contributed by atoms with van der Waals surface area (Å²) in [6, 6.07) is 0. The highest BCUT2D eigenvalue weighted by molar-refractivity contribution is 4.60. The standard InChI is InChI=1S/C14H30O/c1-4-6-8-9-11-14(10-7-5-2)12-13-15-3/h14H,4-13H2,1-3H3. The molecule has 1 nitrogen and oxygen atoms in total. The Balaban J connectivity index is 3.49. The van der Waals surface area contributed by atoms with E-state index in [-0.39, 0.29) is 0 Å². The summed E-state index contributed by atoms with van der Waals surface area (Å²) < 4.78 is 5.18. The molecule has 0 N–H and O–H groups in total. The molecular weight excluding hydrogens is 184 g/mol. The molecule has 0 aromatic carbocycles. The number of hydrogen-bond acceptors (Lipinski definition) is 1. The molecule has 92 valence electrons. The van der Waals surface area contributed by atoms with Crippen LogP contribution in [0.15, 0.2) is 0 Å². The van der Waals surface area contributed by atoms with E-state index in [2.05, 4.69) is 13.8 Å². The summed E-state index contributed by atoms with van der Waals surface area (Å²) >= 11 is 0. The first-order valence-electron chi connectivity index (χ1n) is 6.84. The normalized spacial score (nSPS) is 13.0. The van der Waals surface area contributed by atoms with Crippen LogP contribution >= 0.6 is 0 Å². The van der Waals surface area contributed by atoms with Crippen LogP contribution in [0.25, 0.3) is 0 Å². The van der Waals surface area contributed by atoms with Gasteiger partial charge in [0, 0.05) is 13.7 Å². The van der Waals surface area contributed by atoms with Gasteiger partial charge in [0.1, 0.15) is 0 Å². The second kappa shape index (κ2) is 12.0. The Labute approximate surface area is 96.6 Å². The van der Waals surface area contributed by atoms with Gasteiger partial charge in [0.2, 0.25) is 0 Å². The van der Waals surface area contributed by atoms with Crippen LogP contribution in [0.5, 0.6) is 0 Å². The zero-order valence-electron chi connectivity index (χ0n) is 11.1. The minimum Gasteiger partial charge on any atom is -0.385 e. The third kappa shape index (κ3) is 10.2. The summed E-state index contributed by atoms with van der Waals surface area (Å²) in [4.78, 5) is 0. The molecule has 0 aliphatic heterocycles. The van der Waals surface area contributed by atoms with Gasteiger partial charge in [0.25, 0.3) is 0 Å². The largest absolute Gasteiger partial charge is 0.385 e. The highest BCUT2D eigenvalue weighted by atomic mass is 16.5. The van der Waals surface area contributed by atoms with Crippen molar-refractivity contribution in [3.8, 4) is 0 Å². The van der Waals surface area contributed by atoms with E-state index in [0.717, 1.165) is 12.5 Å². The lowest BCUT2D eigenvalue weighted by molar-refractivity contribution is 0.171. The molecule has 0 aromatic heterocycles. The summed E-state index contributed by atoms with van der Waals surface area (Å²) in [6.07, 6.45) is 12.4. The van der Waals surface area contributed by atoms with Crippen molar-refractivity contribution in [2.75, 3.05) is 13.7 Å². The highest BCUT2D eigenvalue weighted by Gasteiger charge is 2.07. The third-order valence-electron chi connectivity index (χ3n) is 3.16. The Hall–Kier alpha value is -0.0400. The molecule has 0 bridgehead atoms. The number of hydrogen-bond donors (Lipinski definition) is 0. The van der Waals surface area contributed by atoms with Gasteiger partial charge in [-0.2, -0.15) is 0 Å². The molecule has 0 saturated carbocycles. The van der Waals surface area contributed by atoms with Crippen LogP contribution in [-0.2, 0) is 4.74 Å². The zero-order chi connectivity index (χ0) is 11.4. The van der Waals surface area contributed by atoms with E-state index < -0.39 is 0 Å². The summed E-state index contributed by atoms with van der Waals surface area (Å²) in [7, 11) is 1.81. The SMILES string of the molecule is CCCCCCC(CCCC)CCOC. The summed E-state index contributed by atoms with van der Waals surface area (Å²) in [6.45, 7) is 5.51. The minimum atomic E-state index is 0.918.